The summed E-state index contributed by atoms with van der Waals surface area (Å²) < 4.78 is 2.35. The van der Waals surface area contributed by atoms with Crippen LogP contribution in [0.25, 0.3) is 11.4 Å². The van der Waals surface area contributed by atoms with Gasteiger partial charge in [-0.3, -0.25) is 14.3 Å². The molecule has 0 N–H and O–H groups in total. The molecule has 2 heterocycles. The van der Waals surface area contributed by atoms with Crippen LogP contribution in [0.1, 0.15) is 28.0 Å². The van der Waals surface area contributed by atoms with E-state index in [9.17, 15) is 10.0 Å². The molecular formula is C14H17N5O3. The third kappa shape index (κ3) is 2.21. The highest BCUT2D eigenvalue weighted by Gasteiger charge is 2.30. The van der Waals surface area contributed by atoms with E-state index in [0.717, 1.165) is 34.7 Å². The molecule has 116 valence electrons. The van der Waals surface area contributed by atoms with Gasteiger partial charge in [-0.15, -0.1) is 0 Å². The molecule has 0 aliphatic heterocycles. The van der Waals surface area contributed by atoms with Gasteiger partial charge in [0.25, 0.3) is 12.2 Å². The van der Waals surface area contributed by atoms with E-state index in [4.69, 9.17) is 4.84 Å². The highest BCUT2D eigenvalue weighted by atomic mass is 16.7. The summed E-state index contributed by atoms with van der Waals surface area (Å²) in [6.07, 6.45) is 5.04. The van der Waals surface area contributed by atoms with Crippen molar-refractivity contribution in [2.75, 3.05) is 14.2 Å². The van der Waals surface area contributed by atoms with E-state index in [0.29, 0.717) is 22.5 Å². The van der Waals surface area contributed by atoms with Gasteiger partial charge in [0.2, 0.25) is 5.69 Å². The standard InChI is InChI=1S/C14H17N5O3/c1-17-13-10(12(16-17)14(20)18(2)22-3)6-4-5-9-7-19(21)8-15-11(9)13/h7-8H,4-6H2,1-3H3. The van der Waals surface area contributed by atoms with Crippen molar-refractivity contribution in [3.63, 3.8) is 0 Å². The summed E-state index contributed by atoms with van der Waals surface area (Å²) in [5, 5.41) is 16.9. The Labute approximate surface area is 127 Å². The molecule has 0 saturated carbocycles. The Morgan fingerprint density at radius 3 is 3.00 bits per heavy atom. The van der Waals surface area contributed by atoms with Gasteiger partial charge in [-0.25, -0.2) is 9.79 Å². The van der Waals surface area contributed by atoms with Gasteiger partial charge >= 0.3 is 0 Å². The Hall–Kier alpha value is -2.48. The number of carbonyl (C=O) groups is 1. The minimum absolute atomic E-state index is 0.294. The van der Waals surface area contributed by atoms with Crippen LogP contribution in [-0.2, 0) is 24.7 Å². The molecule has 22 heavy (non-hydrogen) atoms. The lowest BCUT2D eigenvalue weighted by Gasteiger charge is -2.12. The lowest BCUT2D eigenvalue weighted by molar-refractivity contribution is -0.609. The van der Waals surface area contributed by atoms with Crippen LogP contribution in [0.3, 0.4) is 0 Å². The summed E-state index contributed by atoms with van der Waals surface area (Å²) in [7, 11) is 4.76. The molecule has 1 aliphatic rings. The molecule has 1 aliphatic carbocycles. The van der Waals surface area contributed by atoms with Crippen molar-refractivity contribution in [3.8, 4) is 11.4 Å². The van der Waals surface area contributed by atoms with Gasteiger partial charge in [-0.2, -0.15) is 5.10 Å². The number of nitrogens with zero attached hydrogens (tertiary/aromatic N) is 5. The number of fused-ring (bicyclic) bond motifs is 3. The van der Waals surface area contributed by atoms with Crippen LogP contribution >= 0.6 is 0 Å². The number of hydrogen-bond donors (Lipinski definition) is 0. The number of aromatic nitrogens is 4. The fourth-order valence-electron chi connectivity index (χ4n) is 2.80. The number of rotatable bonds is 2. The molecule has 0 atom stereocenters. The normalized spacial score (nSPS) is 13.2. The van der Waals surface area contributed by atoms with Crippen molar-refractivity contribution in [3.05, 3.63) is 34.6 Å². The van der Waals surface area contributed by atoms with E-state index in [1.165, 1.54) is 19.6 Å². The topological polar surface area (TPSA) is 87.2 Å². The largest absolute Gasteiger partial charge is 0.711 e. The van der Waals surface area contributed by atoms with Crippen molar-refractivity contribution >= 4 is 5.91 Å². The SMILES string of the molecule is CON(C)C(=O)c1nn(C)c2c1CCCc1c[n+]([O-])cnc1-2. The van der Waals surface area contributed by atoms with Crippen LogP contribution in [0.15, 0.2) is 12.5 Å². The summed E-state index contributed by atoms with van der Waals surface area (Å²) in [6, 6.07) is 0. The van der Waals surface area contributed by atoms with Gasteiger partial charge in [0.05, 0.1) is 7.11 Å². The number of aryl methyl sites for hydroxylation is 2. The molecule has 1 amide bonds. The Morgan fingerprint density at radius 2 is 2.27 bits per heavy atom. The van der Waals surface area contributed by atoms with E-state index in [1.807, 2.05) is 0 Å². The van der Waals surface area contributed by atoms with Gasteiger partial charge in [0.15, 0.2) is 5.69 Å². The predicted molar refractivity (Wildman–Crippen MR) is 76.5 cm³/mol. The quantitative estimate of drug-likeness (QED) is 0.450. The predicted octanol–water partition coefficient (Wildman–Crippen LogP) is 0.238. The van der Waals surface area contributed by atoms with Crippen LogP contribution in [0.4, 0.5) is 0 Å². The van der Waals surface area contributed by atoms with Gasteiger partial charge in [0.1, 0.15) is 11.9 Å². The number of hydroxylamine groups is 2. The maximum absolute atomic E-state index is 12.4. The molecule has 0 spiro atoms. The van der Waals surface area contributed by atoms with Crippen molar-refractivity contribution in [1.29, 1.82) is 0 Å². The summed E-state index contributed by atoms with van der Waals surface area (Å²) in [6.45, 7) is 0. The smallest absolute Gasteiger partial charge is 0.297 e. The molecule has 2 aromatic rings. The molecule has 0 saturated heterocycles. The Bertz CT molecular complexity index is 740. The van der Waals surface area contributed by atoms with E-state index in [2.05, 4.69) is 10.1 Å². The highest BCUT2D eigenvalue weighted by Crippen LogP contribution is 2.32. The Balaban J connectivity index is 2.17. The third-order valence-electron chi connectivity index (χ3n) is 3.89. The molecule has 0 radical (unpaired) electrons. The lowest BCUT2D eigenvalue weighted by atomic mass is 10.1. The van der Waals surface area contributed by atoms with Crippen molar-refractivity contribution in [1.82, 2.24) is 19.8 Å². The first-order chi connectivity index (χ1) is 10.5. The summed E-state index contributed by atoms with van der Waals surface area (Å²) in [5.41, 5.74) is 3.61. The zero-order valence-electron chi connectivity index (χ0n) is 12.7. The van der Waals surface area contributed by atoms with Crippen molar-refractivity contribution < 1.29 is 14.4 Å². The minimum atomic E-state index is -0.294. The van der Waals surface area contributed by atoms with Crippen LogP contribution in [-0.4, -0.2) is 39.9 Å². The van der Waals surface area contributed by atoms with Gasteiger partial charge in [0, 0.05) is 25.2 Å². The average molecular weight is 303 g/mol. The molecular weight excluding hydrogens is 286 g/mol. The maximum Gasteiger partial charge on any atom is 0.297 e. The zero-order valence-corrected chi connectivity index (χ0v) is 12.7. The Morgan fingerprint density at radius 1 is 1.50 bits per heavy atom. The zero-order chi connectivity index (χ0) is 15.9. The first kappa shape index (κ1) is 14.5. The van der Waals surface area contributed by atoms with E-state index < -0.39 is 0 Å². The molecule has 0 unspecified atom stereocenters. The molecule has 0 fully saturated rings. The molecule has 8 nitrogen and oxygen atoms in total. The summed E-state index contributed by atoms with van der Waals surface area (Å²) in [5.74, 6) is -0.294. The Kier molecular flexibility index (Phi) is 3.53. The molecule has 3 rings (SSSR count). The highest BCUT2D eigenvalue weighted by molar-refractivity contribution is 5.94. The number of hydrogen-bond acceptors (Lipinski definition) is 5. The fraction of sp³-hybridized carbons (Fsp3) is 0.429. The van der Waals surface area contributed by atoms with Crippen molar-refractivity contribution in [2.24, 2.45) is 7.05 Å². The van der Waals surface area contributed by atoms with Gasteiger partial charge in [-0.05, 0) is 24.2 Å². The third-order valence-corrected chi connectivity index (χ3v) is 3.89. The summed E-state index contributed by atoms with van der Waals surface area (Å²) in [4.78, 5) is 21.6. The molecule has 0 aromatic carbocycles. The van der Waals surface area contributed by atoms with E-state index in [-0.39, 0.29) is 5.91 Å². The second-order valence-corrected chi connectivity index (χ2v) is 5.25. The van der Waals surface area contributed by atoms with Crippen molar-refractivity contribution in [2.45, 2.75) is 19.3 Å². The minimum Gasteiger partial charge on any atom is -0.711 e. The molecule has 2 aromatic heterocycles. The van der Waals surface area contributed by atoms with Crippen LogP contribution < -0.4 is 4.73 Å². The maximum atomic E-state index is 12.4. The number of carbonyl (C=O) groups excluding carboxylic acids is 1. The molecule has 8 heteroatoms. The van der Waals surface area contributed by atoms with E-state index >= 15 is 0 Å². The molecule has 0 bridgehead atoms. The fourth-order valence-corrected chi connectivity index (χ4v) is 2.80. The monoisotopic (exact) mass is 303 g/mol. The first-order valence-corrected chi connectivity index (χ1v) is 6.99. The van der Waals surface area contributed by atoms with Crippen LogP contribution in [0.2, 0.25) is 0 Å². The van der Waals surface area contributed by atoms with E-state index in [1.54, 1.807) is 18.8 Å². The van der Waals surface area contributed by atoms with Gasteiger partial charge < -0.3 is 5.21 Å². The number of amides is 1. The second-order valence-electron chi connectivity index (χ2n) is 5.25. The second kappa shape index (κ2) is 5.38. The first-order valence-electron chi connectivity index (χ1n) is 6.99. The van der Waals surface area contributed by atoms with Gasteiger partial charge in [-0.1, -0.05) is 0 Å². The van der Waals surface area contributed by atoms with Crippen LogP contribution in [0, 0.1) is 5.21 Å². The summed E-state index contributed by atoms with van der Waals surface area (Å²) >= 11 is 0. The van der Waals surface area contributed by atoms with Crippen LogP contribution in [0.5, 0.6) is 0 Å². The lowest BCUT2D eigenvalue weighted by Crippen LogP contribution is -2.27. The average Bonchev–Trinajstić information content (AvgIpc) is 2.71.